The van der Waals surface area contributed by atoms with Crippen molar-refractivity contribution in [2.45, 2.75) is 70.2 Å². The monoisotopic (exact) mass is 547 g/mol. The Morgan fingerprint density at radius 1 is 1.07 bits per heavy atom. The molecule has 210 valence electrons. The minimum atomic E-state index is -0.779. The molecule has 0 radical (unpaired) electrons. The van der Waals surface area contributed by atoms with E-state index in [-0.39, 0.29) is 24.3 Å². The van der Waals surface area contributed by atoms with Crippen molar-refractivity contribution in [3.8, 4) is 11.3 Å². The molecular formula is C29H33N5O6. The molecule has 0 spiro atoms. The van der Waals surface area contributed by atoms with Gasteiger partial charge in [-0.25, -0.2) is 9.48 Å². The highest BCUT2D eigenvalue weighted by Gasteiger charge is 2.37. The van der Waals surface area contributed by atoms with Crippen LogP contribution in [0.1, 0.15) is 72.1 Å². The van der Waals surface area contributed by atoms with Crippen molar-refractivity contribution in [1.29, 1.82) is 0 Å². The van der Waals surface area contributed by atoms with Gasteiger partial charge in [0.25, 0.3) is 5.91 Å². The SMILES string of the molecule is NC(=O)c1oc2c(c1NC(=O)[C@H]1CCCN1C(=O)OCc1ccccc1)CCCc1nn(C3CCCCO3)cc1-2. The van der Waals surface area contributed by atoms with Crippen LogP contribution in [0, 0.1) is 0 Å². The maximum Gasteiger partial charge on any atom is 0.410 e. The average Bonchev–Trinajstić information content (AvgIpc) is 3.69. The number of hydrogen-bond donors (Lipinski definition) is 2. The summed E-state index contributed by atoms with van der Waals surface area (Å²) in [6.45, 7) is 1.22. The highest BCUT2D eigenvalue weighted by atomic mass is 16.6. The fraction of sp³-hybridized carbons (Fsp3) is 0.448. The molecule has 4 heterocycles. The van der Waals surface area contributed by atoms with E-state index in [1.807, 2.05) is 41.2 Å². The van der Waals surface area contributed by atoms with Gasteiger partial charge in [0.2, 0.25) is 11.7 Å². The molecule has 6 rings (SSSR count). The molecule has 2 fully saturated rings. The van der Waals surface area contributed by atoms with Gasteiger partial charge in [-0.05, 0) is 56.9 Å². The van der Waals surface area contributed by atoms with Gasteiger partial charge < -0.3 is 24.9 Å². The molecule has 1 aromatic carbocycles. The van der Waals surface area contributed by atoms with E-state index in [1.165, 1.54) is 4.90 Å². The van der Waals surface area contributed by atoms with Crippen molar-refractivity contribution in [1.82, 2.24) is 14.7 Å². The molecule has 1 aliphatic carbocycles. The van der Waals surface area contributed by atoms with Gasteiger partial charge in [0.1, 0.15) is 24.6 Å². The molecule has 3 N–H and O–H groups in total. The van der Waals surface area contributed by atoms with Crippen LogP contribution < -0.4 is 11.1 Å². The maximum absolute atomic E-state index is 13.5. The van der Waals surface area contributed by atoms with E-state index in [0.717, 1.165) is 48.9 Å². The van der Waals surface area contributed by atoms with E-state index >= 15 is 0 Å². The topological polar surface area (TPSA) is 142 Å². The number of rotatable bonds is 6. The summed E-state index contributed by atoms with van der Waals surface area (Å²) in [5.74, 6) is -0.803. The molecule has 0 bridgehead atoms. The fourth-order valence-electron chi connectivity index (χ4n) is 5.81. The summed E-state index contributed by atoms with van der Waals surface area (Å²) >= 11 is 0. The first kappa shape index (κ1) is 26.1. The summed E-state index contributed by atoms with van der Waals surface area (Å²) in [6.07, 6.45) is 7.40. The molecule has 11 nitrogen and oxygen atoms in total. The van der Waals surface area contributed by atoms with Gasteiger partial charge in [-0.2, -0.15) is 5.10 Å². The lowest BCUT2D eigenvalue weighted by Crippen LogP contribution is -2.43. The predicted molar refractivity (Wildman–Crippen MR) is 144 cm³/mol. The Kier molecular flexibility index (Phi) is 7.29. The van der Waals surface area contributed by atoms with Crippen LogP contribution >= 0.6 is 0 Å². The molecule has 3 aliphatic rings. The van der Waals surface area contributed by atoms with Gasteiger partial charge in [0.15, 0.2) is 0 Å². The fourth-order valence-corrected chi connectivity index (χ4v) is 5.81. The Balaban J connectivity index is 1.23. The van der Waals surface area contributed by atoms with Crippen LogP contribution in [-0.2, 0) is 33.7 Å². The quantitative estimate of drug-likeness (QED) is 0.472. The summed E-state index contributed by atoms with van der Waals surface area (Å²) in [5.41, 5.74) is 9.17. The Morgan fingerprint density at radius 2 is 1.93 bits per heavy atom. The number of fused-ring (bicyclic) bond motifs is 3. The third-order valence-electron chi connectivity index (χ3n) is 7.82. The number of ether oxygens (including phenoxy) is 2. The van der Waals surface area contributed by atoms with Crippen LogP contribution in [0.3, 0.4) is 0 Å². The van der Waals surface area contributed by atoms with Gasteiger partial charge in [-0.3, -0.25) is 14.5 Å². The van der Waals surface area contributed by atoms with Gasteiger partial charge in [-0.15, -0.1) is 0 Å². The number of likely N-dealkylation sites (tertiary alicyclic amines) is 1. The molecule has 2 atom stereocenters. The number of hydrogen-bond acceptors (Lipinski definition) is 7. The third kappa shape index (κ3) is 5.08. The molecule has 11 heteroatoms. The number of aryl methyl sites for hydroxylation is 1. The van der Waals surface area contributed by atoms with Crippen molar-refractivity contribution >= 4 is 23.6 Å². The number of carbonyl (C=O) groups is 3. The van der Waals surface area contributed by atoms with Crippen LogP contribution in [0.5, 0.6) is 0 Å². The Labute approximate surface area is 231 Å². The van der Waals surface area contributed by atoms with Crippen molar-refractivity contribution in [2.24, 2.45) is 5.73 Å². The first-order valence-electron chi connectivity index (χ1n) is 13.9. The Bertz CT molecular complexity index is 1410. The van der Waals surface area contributed by atoms with Crippen molar-refractivity contribution in [2.75, 3.05) is 18.5 Å². The van der Waals surface area contributed by atoms with Crippen LogP contribution in [0.25, 0.3) is 11.3 Å². The van der Waals surface area contributed by atoms with E-state index in [1.54, 1.807) is 0 Å². The number of furan rings is 1. The molecule has 2 aromatic heterocycles. The number of amides is 3. The summed E-state index contributed by atoms with van der Waals surface area (Å²) in [6, 6.07) is 8.64. The number of nitrogens with zero attached hydrogens (tertiary/aromatic N) is 3. The van der Waals surface area contributed by atoms with Crippen molar-refractivity contribution < 1.29 is 28.3 Å². The van der Waals surface area contributed by atoms with Crippen molar-refractivity contribution in [3.05, 3.63) is 59.1 Å². The van der Waals surface area contributed by atoms with E-state index in [9.17, 15) is 14.4 Å². The maximum atomic E-state index is 13.5. The van der Waals surface area contributed by atoms with Gasteiger partial charge in [0.05, 0.1) is 16.9 Å². The highest BCUT2D eigenvalue weighted by molar-refractivity contribution is 6.05. The van der Waals surface area contributed by atoms with Crippen molar-refractivity contribution in [3.63, 3.8) is 0 Å². The van der Waals surface area contributed by atoms with E-state index in [2.05, 4.69) is 5.32 Å². The second-order valence-corrected chi connectivity index (χ2v) is 10.5. The number of anilines is 1. The van der Waals surface area contributed by atoms with Crippen LogP contribution in [0.4, 0.5) is 10.5 Å². The first-order valence-corrected chi connectivity index (χ1v) is 13.9. The molecule has 40 heavy (non-hydrogen) atoms. The summed E-state index contributed by atoms with van der Waals surface area (Å²) in [7, 11) is 0. The number of aromatic nitrogens is 2. The summed E-state index contributed by atoms with van der Waals surface area (Å²) in [5, 5.41) is 7.67. The lowest BCUT2D eigenvalue weighted by molar-refractivity contribution is -0.120. The van der Waals surface area contributed by atoms with E-state index in [0.29, 0.717) is 43.7 Å². The first-order chi connectivity index (χ1) is 19.5. The minimum absolute atomic E-state index is 0.107. The highest BCUT2D eigenvalue weighted by Crippen LogP contribution is 2.41. The average molecular weight is 548 g/mol. The number of nitrogens with one attached hydrogen (secondary N) is 1. The molecule has 1 unspecified atom stereocenters. The predicted octanol–water partition coefficient (Wildman–Crippen LogP) is 4.17. The number of nitrogens with two attached hydrogens (primary N) is 1. The summed E-state index contributed by atoms with van der Waals surface area (Å²) in [4.78, 5) is 40.3. The van der Waals surface area contributed by atoms with Gasteiger partial charge >= 0.3 is 6.09 Å². The zero-order valence-electron chi connectivity index (χ0n) is 22.3. The number of carbonyl (C=O) groups excluding carboxylic acids is 3. The molecule has 3 amide bonds. The Morgan fingerprint density at radius 3 is 2.70 bits per heavy atom. The zero-order valence-corrected chi connectivity index (χ0v) is 22.3. The Hall–Kier alpha value is -4.12. The molecular weight excluding hydrogens is 514 g/mol. The largest absolute Gasteiger partial charge is 0.448 e. The lowest BCUT2D eigenvalue weighted by atomic mass is 10.1. The number of benzene rings is 1. The molecule has 2 saturated heterocycles. The van der Waals surface area contributed by atoms with E-state index < -0.39 is 23.9 Å². The minimum Gasteiger partial charge on any atom is -0.448 e. The summed E-state index contributed by atoms with van der Waals surface area (Å²) < 4.78 is 19.3. The molecule has 3 aromatic rings. The lowest BCUT2D eigenvalue weighted by Gasteiger charge is -2.23. The smallest absolute Gasteiger partial charge is 0.410 e. The van der Waals surface area contributed by atoms with Gasteiger partial charge in [0, 0.05) is 24.9 Å². The second kappa shape index (κ2) is 11.2. The van der Waals surface area contributed by atoms with E-state index in [4.69, 9.17) is 24.7 Å². The van der Waals surface area contributed by atoms with Crippen LogP contribution in [0.15, 0.2) is 40.9 Å². The zero-order chi connectivity index (χ0) is 27.6. The molecule has 2 aliphatic heterocycles. The van der Waals surface area contributed by atoms with Crippen LogP contribution in [0.2, 0.25) is 0 Å². The van der Waals surface area contributed by atoms with Crippen LogP contribution in [-0.4, -0.2) is 51.8 Å². The normalized spacial score (nSPS) is 20.4. The van der Waals surface area contributed by atoms with Gasteiger partial charge in [-0.1, -0.05) is 30.3 Å². The second-order valence-electron chi connectivity index (χ2n) is 10.5. The number of primary amides is 1. The standard InChI is InChI=1S/C29H33N5O6/c30-27(35)26-24(31-28(36)22-12-7-14-33(22)29(37)39-17-18-8-2-1-3-9-18)19-10-6-11-21-20(25(19)40-26)16-34(32-21)23-13-4-5-15-38-23/h1-3,8-9,16,22-23H,4-7,10-15,17H2,(H2,30,35)(H,31,36)/t22-,23?/m1/s1. The third-order valence-corrected chi connectivity index (χ3v) is 7.82. The molecule has 0 saturated carbocycles.